The molecule has 8 nitrogen and oxygen atoms in total. The van der Waals surface area contributed by atoms with Crippen molar-refractivity contribution in [2.24, 2.45) is 5.16 Å². The minimum atomic E-state index is 0.0477. The van der Waals surface area contributed by atoms with E-state index in [0.29, 0.717) is 17.0 Å². The molecule has 0 bridgehead atoms. The molecule has 0 saturated carbocycles. The first-order chi connectivity index (χ1) is 17.2. The van der Waals surface area contributed by atoms with Gasteiger partial charge in [0.05, 0.1) is 31.5 Å². The number of hydrogen-bond acceptors (Lipinski definition) is 6. The second-order valence-corrected chi connectivity index (χ2v) is 7.77. The van der Waals surface area contributed by atoms with Crippen molar-refractivity contribution in [1.82, 2.24) is 14.8 Å². The summed E-state index contributed by atoms with van der Waals surface area (Å²) < 4.78 is 12.8. The summed E-state index contributed by atoms with van der Waals surface area (Å²) in [5, 5.41) is 23.6. The van der Waals surface area contributed by atoms with Crippen molar-refractivity contribution >= 4 is 17.1 Å². The molecule has 0 atom stereocenters. The van der Waals surface area contributed by atoms with Gasteiger partial charge in [-0.15, -0.1) is 0 Å². The predicted molar refractivity (Wildman–Crippen MR) is 136 cm³/mol. The van der Waals surface area contributed by atoms with Crippen LogP contribution in [-0.4, -0.2) is 47.4 Å². The van der Waals surface area contributed by atoms with E-state index in [-0.39, 0.29) is 5.88 Å². The Labute approximate surface area is 202 Å². The van der Waals surface area contributed by atoms with Gasteiger partial charge in [-0.2, -0.15) is 5.10 Å². The van der Waals surface area contributed by atoms with Gasteiger partial charge in [-0.1, -0.05) is 29.4 Å². The highest BCUT2D eigenvalue weighted by molar-refractivity contribution is 6.07. The zero-order chi connectivity index (χ0) is 24.4. The highest BCUT2D eigenvalue weighted by atomic mass is 16.6. The number of benzene rings is 3. The topological polar surface area (TPSA) is 93.9 Å². The normalized spacial score (nSPS) is 11.3. The van der Waals surface area contributed by atoms with E-state index in [1.165, 1.54) is 7.11 Å². The second kappa shape index (κ2) is 9.26. The molecule has 176 valence electrons. The van der Waals surface area contributed by atoms with E-state index in [2.05, 4.69) is 15.4 Å². The average Bonchev–Trinajstić information content (AvgIpc) is 3.46. The van der Waals surface area contributed by atoms with E-state index in [1.807, 2.05) is 72.8 Å². The number of nitrogens with zero attached hydrogens (tertiary/aromatic N) is 3. The molecule has 2 aromatic heterocycles. The van der Waals surface area contributed by atoms with Crippen LogP contribution in [-0.2, 0) is 4.84 Å². The number of ether oxygens (including phenoxy) is 2. The lowest BCUT2D eigenvalue weighted by molar-refractivity contribution is 0.215. The molecule has 0 amide bonds. The quantitative estimate of drug-likeness (QED) is 0.247. The minimum absolute atomic E-state index is 0.0477. The number of methoxy groups -OCH3 is 2. The fourth-order valence-corrected chi connectivity index (χ4v) is 4.19. The maximum Gasteiger partial charge on any atom is 0.222 e. The Morgan fingerprint density at radius 2 is 1.66 bits per heavy atom. The number of rotatable bonds is 7. The third kappa shape index (κ3) is 3.85. The molecule has 35 heavy (non-hydrogen) atoms. The van der Waals surface area contributed by atoms with Gasteiger partial charge in [0.15, 0.2) is 0 Å². The third-order valence-corrected chi connectivity index (χ3v) is 5.85. The van der Waals surface area contributed by atoms with E-state index in [4.69, 9.17) is 14.3 Å². The zero-order valence-electron chi connectivity index (χ0n) is 19.5. The Morgan fingerprint density at radius 1 is 0.914 bits per heavy atom. The Morgan fingerprint density at radius 3 is 2.34 bits per heavy atom. The first-order valence-electron chi connectivity index (χ1n) is 10.9. The minimum Gasteiger partial charge on any atom is -0.497 e. The lowest BCUT2D eigenvalue weighted by atomic mass is 10.0. The highest BCUT2D eigenvalue weighted by Gasteiger charge is 2.26. The molecule has 2 N–H and O–H groups in total. The van der Waals surface area contributed by atoms with Crippen LogP contribution in [0.5, 0.6) is 17.4 Å². The molecule has 0 saturated heterocycles. The largest absolute Gasteiger partial charge is 0.497 e. The Balaban J connectivity index is 1.79. The van der Waals surface area contributed by atoms with Crippen LogP contribution in [0.25, 0.3) is 39.1 Å². The summed E-state index contributed by atoms with van der Waals surface area (Å²) in [6, 6.07) is 23.0. The van der Waals surface area contributed by atoms with Crippen molar-refractivity contribution in [1.29, 1.82) is 0 Å². The van der Waals surface area contributed by atoms with Gasteiger partial charge in [0.25, 0.3) is 0 Å². The lowest BCUT2D eigenvalue weighted by Crippen LogP contribution is -1.99. The number of aromatic nitrogens is 3. The van der Waals surface area contributed by atoms with Gasteiger partial charge in [-0.25, -0.2) is 0 Å². The Bertz CT molecular complexity index is 1500. The first kappa shape index (κ1) is 22.1. The molecule has 0 aliphatic rings. The summed E-state index contributed by atoms with van der Waals surface area (Å²) in [5.74, 6) is 1.48. The molecule has 0 aliphatic heterocycles. The molecule has 5 rings (SSSR count). The molecular formula is C27H24N4O4. The van der Waals surface area contributed by atoms with Gasteiger partial charge in [0.1, 0.15) is 29.8 Å². The van der Waals surface area contributed by atoms with Crippen molar-refractivity contribution in [2.75, 3.05) is 21.3 Å². The number of oxime groups is 1. The molecule has 0 unspecified atom stereocenters. The van der Waals surface area contributed by atoms with Gasteiger partial charge in [-0.3, -0.25) is 9.67 Å². The van der Waals surface area contributed by atoms with Gasteiger partial charge < -0.3 is 19.4 Å². The van der Waals surface area contributed by atoms with Gasteiger partial charge in [0.2, 0.25) is 5.88 Å². The monoisotopic (exact) mass is 468 g/mol. The van der Waals surface area contributed by atoms with Crippen LogP contribution in [0.2, 0.25) is 0 Å². The van der Waals surface area contributed by atoms with Gasteiger partial charge >= 0.3 is 0 Å². The molecule has 0 fully saturated rings. The smallest absolute Gasteiger partial charge is 0.222 e. The van der Waals surface area contributed by atoms with Gasteiger partial charge in [0, 0.05) is 16.8 Å². The average molecular weight is 469 g/mol. The van der Waals surface area contributed by atoms with Crippen LogP contribution in [0.3, 0.4) is 0 Å². The summed E-state index contributed by atoms with van der Waals surface area (Å²) in [6.07, 6.45) is 1.62. The molecule has 5 aromatic rings. The number of H-pyrrole nitrogens is 1. The third-order valence-electron chi connectivity index (χ3n) is 5.85. The van der Waals surface area contributed by atoms with Crippen molar-refractivity contribution in [2.45, 2.75) is 0 Å². The number of aromatic hydroxyl groups is 1. The van der Waals surface area contributed by atoms with Crippen LogP contribution >= 0.6 is 0 Å². The zero-order valence-corrected chi connectivity index (χ0v) is 19.5. The Kier molecular flexibility index (Phi) is 5.85. The molecule has 8 heteroatoms. The number of hydrogen-bond donors (Lipinski definition) is 2. The first-order valence-corrected chi connectivity index (χ1v) is 10.9. The van der Waals surface area contributed by atoms with Crippen molar-refractivity contribution in [3.8, 4) is 45.6 Å². The fourth-order valence-electron chi connectivity index (χ4n) is 4.19. The van der Waals surface area contributed by atoms with Crippen LogP contribution < -0.4 is 9.47 Å². The summed E-state index contributed by atoms with van der Waals surface area (Å²) in [4.78, 5) is 4.77. The second-order valence-electron chi connectivity index (χ2n) is 7.77. The SMILES string of the molecule is CO/N=C\c1ccc(-n2c(O)c3[nH]nc(-c4ccc(OC)cc4)c3c2-c2ccccc2OC)cc1. The molecule has 0 radical (unpaired) electrons. The van der Waals surface area contributed by atoms with E-state index >= 15 is 0 Å². The Hall–Kier alpha value is -4.72. The van der Waals surface area contributed by atoms with Crippen molar-refractivity contribution in [3.05, 3.63) is 78.4 Å². The highest BCUT2D eigenvalue weighted by Crippen LogP contribution is 2.46. The number of para-hydroxylation sites is 1. The van der Waals surface area contributed by atoms with Crippen LogP contribution in [0, 0.1) is 0 Å². The number of fused-ring (bicyclic) bond motifs is 1. The van der Waals surface area contributed by atoms with Crippen LogP contribution in [0.4, 0.5) is 0 Å². The number of aromatic amines is 1. The molecule has 0 aliphatic carbocycles. The predicted octanol–water partition coefficient (Wildman–Crippen LogP) is 5.39. The summed E-state index contributed by atoms with van der Waals surface area (Å²) in [7, 11) is 4.76. The van der Waals surface area contributed by atoms with E-state index in [0.717, 1.165) is 39.2 Å². The molecular weight excluding hydrogens is 444 g/mol. The van der Waals surface area contributed by atoms with Crippen LogP contribution in [0.1, 0.15) is 5.56 Å². The maximum absolute atomic E-state index is 11.4. The molecule has 2 heterocycles. The maximum atomic E-state index is 11.4. The molecule has 3 aromatic carbocycles. The van der Waals surface area contributed by atoms with E-state index in [1.54, 1.807) is 25.0 Å². The number of nitrogens with one attached hydrogen (secondary N) is 1. The van der Waals surface area contributed by atoms with Crippen LogP contribution in [0.15, 0.2) is 78.0 Å². The summed E-state index contributed by atoms with van der Waals surface area (Å²) in [5.41, 5.74) is 5.34. The van der Waals surface area contributed by atoms with Gasteiger partial charge in [-0.05, 0) is 54.1 Å². The standard InChI is InChI=1S/C27H24N4O4/c1-33-20-14-10-18(11-15-20)24-23-25(30-29-24)27(32)31(19-12-8-17(9-13-19)16-28-35-3)26(23)21-6-4-5-7-22(21)34-2/h4-16,30,32H,1-3H3/b28-16-. The van der Waals surface area contributed by atoms with Crippen molar-refractivity contribution in [3.63, 3.8) is 0 Å². The van der Waals surface area contributed by atoms with Crippen molar-refractivity contribution < 1.29 is 19.4 Å². The summed E-state index contributed by atoms with van der Waals surface area (Å²) in [6.45, 7) is 0. The van der Waals surface area contributed by atoms with E-state index in [9.17, 15) is 5.11 Å². The van der Waals surface area contributed by atoms with E-state index < -0.39 is 0 Å². The lowest BCUT2D eigenvalue weighted by Gasteiger charge is -2.14. The fraction of sp³-hybridized carbons (Fsp3) is 0.111. The summed E-state index contributed by atoms with van der Waals surface area (Å²) >= 11 is 0. The molecule has 0 spiro atoms.